The molecular formula is C14H21N3OS. The van der Waals surface area contributed by atoms with E-state index in [0.29, 0.717) is 0 Å². The minimum absolute atomic E-state index is 0.350. The second-order valence-corrected chi connectivity index (χ2v) is 5.29. The molecular weight excluding hydrogens is 258 g/mol. The molecule has 0 spiro atoms. The number of rotatable bonds is 5. The Bertz CT molecular complexity index is 449. The maximum Gasteiger partial charge on any atom is 0.185 e. The number of benzene rings is 1. The molecule has 4 nitrogen and oxygen atoms in total. The molecule has 0 unspecified atom stereocenters. The minimum Gasteiger partial charge on any atom is -0.497 e. The smallest absolute Gasteiger partial charge is 0.185 e. The molecule has 0 aliphatic carbocycles. The van der Waals surface area contributed by atoms with E-state index in [1.165, 1.54) is 0 Å². The van der Waals surface area contributed by atoms with Gasteiger partial charge in [0.05, 0.1) is 7.11 Å². The fourth-order valence-corrected chi connectivity index (χ4v) is 2.51. The lowest BCUT2D eigenvalue weighted by Gasteiger charge is -2.26. The fourth-order valence-electron chi connectivity index (χ4n) is 2.16. The van der Waals surface area contributed by atoms with E-state index >= 15 is 0 Å². The van der Waals surface area contributed by atoms with Gasteiger partial charge in [0.15, 0.2) is 5.11 Å². The van der Waals surface area contributed by atoms with Crippen LogP contribution in [0.4, 0.5) is 0 Å². The SMILES string of the molecule is CCCCN1N[C@](C)(c2ccc(OC)cc2)NC1=S. The molecule has 1 atom stereocenters. The van der Waals surface area contributed by atoms with Crippen molar-refractivity contribution in [2.45, 2.75) is 32.4 Å². The summed E-state index contributed by atoms with van der Waals surface area (Å²) < 4.78 is 5.18. The molecule has 1 heterocycles. The lowest BCUT2D eigenvalue weighted by Crippen LogP contribution is -2.45. The molecule has 104 valence electrons. The summed E-state index contributed by atoms with van der Waals surface area (Å²) in [5, 5.41) is 6.12. The standard InChI is InChI=1S/C14H21N3OS/c1-4-5-10-17-13(19)15-14(2,16-17)11-6-8-12(18-3)9-7-11/h6-9,16H,4-5,10H2,1-3H3,(H,15,19)/t14-/m1/s1. The maximum absolute atomic E-state index is 5.38. The summed E-state index contributed by atoms with van der Waals surface area (Å²) in [7, 11) is 1.67. The largest absolute Gasteiger partial charge is 0.497 e. The third-order valence-electron chi connectivity index (χ3n) is 3.36. The van der Waals surface area contributed by atoms with Crippen LogP contribution in [0.3, 0.4) is 0 Å². The van der Waals surface area contributed by atoms with Crippen LogP contribution in [0.2, 0.25) is 0 Å². The topological polar surface area (TPSA) is 36.5 Å². The first-order chi connectivity index (χ1) is 9.09. The third kappa shape index (κ3) is 2.98. The van der Waals surface area contributed by atoms with Crippen molar-refractivity contribution in [3.8, 4) is 5.75 Å². The Balaban J connectivity index is 2.12. The monoisotopic (exact) mass is 279 g/mol. The summed E-state index contributed by atoms with van der Waals surface area (Å²) >= 11 is 5.38. The van der Waals surface area contributed by atoms with Gasteiger partial charge >= 0.3 is 0 Å². The van der Waals surface area contributed by atoms with Gasteiger partial charge in [-0.2, -0.15) is 0 Å². The third-order valence-corrected chi connectivity index (χ3v) is 3.69. The average Bonchev–Trinajstić information content (AvgIpc) is 2.72. The number of nitrogens with zero attached hydrogens (tertiary/aromatic N) is 1. The first-order valence-corrected chi connectivity index (χ1v) is 7.02. The normalized spacial score (nSPS) is 22.5. The molecule has 1 aromatic rings. The van der Waals surface area contributed by atoms with Crippen LogP contribution >= 0.6 is 12.2 Å². The van der Waals surface area contributed by atoms with Gasteiger partial charge < -0.3 is 10.1 Å². The van der Waals surface area contributed by atoms with Crippen LogP contribution in [0.5, 0.6) is 5.75 Å². The minimum atomic E-state index is -0.350. The van der Waals surface area contributed by atoms with E-state index in [-0.39, 0.29) is 5.66 Å². The van der Waals surface area contributed by atoms with Gasteiger partial charge in [-0.15, -0.1) is 0 Å². The molecule has 2 rings (SSSR count). The molecule has 19 heavy (non-hydrogen) atoms. The van der Waals surface area contributed by atoms with Crippen molar-refractivity contribution < 1.29 is 4.74 Å². The molecule has 1 fully saturated rings. The number of unbranched alkanes of at least 4 members (excludes halogenated alkanes) is 1. The highest BCUT2D eigenvalue weighted by molar-refractivity contribution is 7.80. The lowest BCUT2D eigenvalue weighted by molar-refractivity contribution is 0.233. The van der Waals surface area contributed by atoms with Gasteiger partial charge in [0.2, 0.25) is 0 Å². The van der Waals surface area contributed by atoms with Crippen LogP contribution in [0.15, 0.2) is 24.3 Å². The molecule has 5 heteroatoms. The quantitative estimate of drug-likeness (QED) is 0.809. The van der Waals surface area contributed by atoms with Crippen LogP contribution in [-0.2, 0) is 5.66 Å². The van der Waals surface area contributed by atoms with Gasteiger partial charge in [0.25, 0.3) is 0 Å². The van der Waals surface area contributed by atoms with Gasteiger partial charge in [-0.3, -0.25) is 5.01 Å². The zero-order valence-electron chi connectivity index (χ0n) is 11.7. The van der Waals surface area contributed by atoms with Gasteiger partial charge in [0.1, 0.15) is 11.4 Å². The Labute approximate surface area is 120 Å². The average molecular weight is 279 g/mol. The maximum atomic E-state index is 5.38. The summed E-state index contributed by atoms with van der Waals surface area (Å²) in [6.45, 7) is 5.19. The van der Waals surface area contributed by atoms with Crippen molar-refractivity contribution in [1.29, 1.82) is 0 Å². The molecule has 0 bridgehead atoms. The number of methoxy groups -OCH3 is 1. The summed E-state index contributed by atoms with van der Waals surface area (Å²) in [5.41, 5.74) is 4.23. The predicted octanol–water partition coefficient (Wildman–Crippen LogP) is 2.36. The number of nitrogens with one attached hydrogen (secondary N) is 2. The van der Waals surface area contributed by atoms with Crippen molar-refractivity contribution in [1.82, 2.24) is 15.8 Å². The van der Waals surface area contributed by atoms with E-state index in [2.05, 4.69) is 24.6 Å². The number of hydrogen-bond acceptors (Lipinski definition) is 3. The zero-order chi connectivity index (χ0) is 13.9. The molecule has 1 aliphatic rings. The number of hydrazine groups is 1. The van der Waals surface area contributed by atoms with Crippen molar-refractivity contribution in [2.24, 2.45) is 0 Å². The highest BCUT2D eigenvalue weighted by Gasteiger charge is 2.36. The number of thiocarbonyl (C=S) groups is 1. The Morgan fingerprint density at radius 2 is 2.00 bits per heavy atom. The van der Waals surface area contributed by atoms with E-state index < -0.39 is 0 Å². The predicted molar refractivity (Wildman–Crippen MR) is 80.8 cm³/mol. The molecule has 1 saturated heterocycles. The fraction of sp³-hybridized carbons (Fsp3) is 0.500. The Hall–Kier alpha value is -1.33. The van der Waals surface area contributed by atoms with Crippen LogP contribution in [-0.4, -0.2) is 23.8 Å². The molecule has 1 aliphatic heterocycles. The second-order valence-electron chi connectivity index (χ2n) is 4.90. The summed E-state index contributed by atoms with van der Waals surface area (Å²) in [5.74, 6) is 0.857. The van der Waals surface area contributed by atoms with Crippen molar-refractivity contribution >= 4 is 17.3 Å². The molecule has 0 saturated carbocycles. The van der Waals surface area contributed by atoms with Crippen LogP contribution < -0.4 is 15.5 Å². The Kier molecular flexibility index (Phi) is 4.27. The van der Waals surface area contributed by atoms with Crippen molar-refractivity contribution in [3.05, 3.63) is 29.8 Å². The molecule has 2 N–H and O–H groups in total. The summed E-state index contributed by atoms with van der Waals surface area (Å²) in [6, 6.07) is 8.01. The van der Waals surface area contributed by atoms with Crippen molar-refractivity contribution in [3.63, 3.8) is 0 Å². The second kappa shape index (κ2) is 5.75. The van der Waals surface area contributed by atoms with Gasteiger partial charge in [-0.1, -0.05) is 25.5 Å². The van der Waals surface area contributed by atoms with Gasteiger partial charge in [0, 0.05) is 6.54 Å². The van der Waals surface area contributed by atoms with E-state index in [1.807, 2.05) is 29.3 Å². The molecule has 1 aromatic carbocycles. The number of ether oxygens (including phenoxy) is 1. The first-order valence-electron chi connectivity index (χ1n) is 6.61. The van der Waals surface area contributed by atoms with Crippen LogP contribution in [0.1, 0.15) is 32.3 Å². The van der Waals surface area contributed by atoms with E-state index in [4.69, 9.17) is 17.0 Å². The van der Waals surface area contributed by atoms with Gasteiger partial charge in [-0.25, -0.2) is 5.43 Å². The summed E-state index contributed by atoms with van der Waals surface area (Å²) in [6.07, 6.45) is 2.27. The molecule has 0 amide bonds. The van der Waals surface area contributed by atoms with Crippen LogP contribution in [0, 0.1) is 0 Å². The summed E-state index contributed by atoms with van der Waals surface area (Å²) in [4.78, 5) is 0. The highest BCUT2D eigenvalue weighted by Crippen LogP contribution is 2.25. The van der Waals surface area contributed by atoms with Crippen molar-refractivity contribution in [2.75, 3.05) is 13.7 Å². The molecule has 0 aromatic heterocycles. The Morgan fingerprint density at radius 3 is 2.58 bits per heavy atom. The van der Waals surface area contributed by atoms with E-state index in [0.717, 1.165) is 35.8 Å². The number of hydrogen-bond donors (Lipinski definition) is 2. The lowest BCUT2D eigenvalue weighted by atomic mass is 10.0. The molecule has 0 radical (unpaired) electrons. The Morgan fingerprint density at radius 1 is 1.32 bits per heavy atom. The first kappa shape index (κ1) is 14.1. The van der Waals surface area contributed by atoms with Gasteiger partial charge in [-0.05, 0) is 43.3 Å². The van der Waals surface area contributed by atoms with E-state index in [9.17, 15) is 0 Å². The highest BCUT2D eigenvalue weighted by atomic mass is 32.1. The zero-order valence-corrected chi connectivity index (χ0v) is 12.5. The van der Waals surface area contributed by atoms with Crippen LogP contribution in [0.25, 0.3) is 0 Å². The van der Waals surface area contributed by atoms with E-state index in [1.54, 1.807) is 7.11 Å².